The molecule has 2 aromatic heterocycles. The van der Waals surface area contributed by atoms with Gasteiger partial charge in [-0.2, -0.15) is 5.10 Å². The summed E-state index contributed by atoms with van der Waals surface area (Å²) in [5, 5.41) is 4.23. The summed E-state index contributed by atoms with van der Waals surface area (Å²) in [7, 11) is 0. The zero-order valence-corrected chi connectivity index (χ0v) is 17.7. The van der Waals surface area contributed by atoms with Crippen molar-refractivity contribution in [3.63, 3.8) is 0 Å². The topological polar surface area (TPSA) is 94.1 Å². The Bertz CT molecular complexity index is 1080. The van der Waals surface area contributed by atoms with Gasteiger partial charge in [-0.3, -0.25) is 19.3 Å². The second-order valence-electron chi connectivity index (χ2n) is 8.23. The van der Waals surface area contributed by atoms with Crippen LogP contribution in [0.3, 0.4) is 0 Å². The Morgan fingerprint density at radius 3 is 2.58 bits per heavy atom. The monoisotopic (exact) mass is 417 g/mol. The van der Waals surface area contributed by atoms with Crippen LogP contribution in [-0.4, -0.2) is 44.6 Å². The second kappa shape index (κ2) is 8.71. The van der Waals surface area contributed by atoms with Gasteiger partial charge in [0, 0.05) is 50.3 Å². The average Bonchev–Trinajstić information content (AvgIpc) is 3.40. The summed E-state index contributed by atoms with van der Waals surface area (Å²) in [6, 6.07) is 13.9. The fourth-order valence-corrected chi connectivity index (χ4v) is 4.36. The van der Waals surface area contributed by atoms with Gasteiger partial charge in [0.05, 0.1) is 5.41 Å². The van der Waals surface area contributed by atoms with E-state index in [0.717, 1.165) is 22.4 Å². The van der Waals surface area contributed by atoms with Gasteiger partial charge in [-0.25, -0.2) is 0 Å². The van der Waals surface area contributed by atoms with Crippen LogP contribution in [0.25, 0.3) is 11.1 Å². The highest BCUT2D eigenvalue weighted by molar-refractivity contribution is 5.85. The Balaban J connectivity index is 1.50. The van der Waals surface area contributed by atoms with Crippen molar-refractivity contribution in [1.82, 2.24) is 19.7 Å². The molecule has 2 N–H and O–H groups in total. The van der Waals surface area contributed by atoms with E-state index in [1.54, 1.807) is 23.5 Å². The molecule has 0 aliphatic carbocycles. The predicted molar refractivity (Wildman–Crippen MR) is 118 cm³/mol. The van der Waals surface area contributed by atoms with E-state index in [4.69, 9.17) is 5.73 Å². The van der Waals surface area contributed by atoms with Crippen molar-refractivity contribution < 1.29 is 9.59 Å². The quantitative estimate of drug-likeness (QED) is 0.639. The van der Waals surface area contributed by atoms with E-state index in [1.807, 2.05) is 54.1 Å². The Labute approximate surface area is 181 Å². The number of aromatic nitrogens is 3. The molecule has 160 valence electrons. The number of likely N-dealkylation sites (tertiary alicyclic amines) is 1. The molecule has 3 aromatic rings. The number of carbonyl (C=O) groups excluding carboxylic acids is 2. The van der Waals surface area contributed by atoms with E-state index in [1.165, 1.54) is 0 Å². The van der Waals surface area contributed by atoms with Gasteiger partial charge in [0.25, 0.3) is 0 Å². The summed E-state index contributed by atoms with van der Waals surface area (Å²) in [6.45, 7) is 3.38. The predicted octanol–water partition coefficient (Wildman–Crippen LogP) is 2.59. The van der Waals surface area contributed by atoms with E-state index >= 15 is 0 Å². The zero-order valence-electron chi connectivity index (χ0n) is 17.7. The highest BCUT2D eigenvalue weighted by Crippen LogP contribution is 2.37. The van der Waals surface area contributed by atoms with Gasteiger partial charge in [-0.15, -0.1) is 0 Å². The maximum atomic E-state index is 12.8. The SMILES string of the molecule is Cc1ccnn1CCC(=O)N1CCC(Cc2ccccc2-c2ccncc2)(C(N)=O)C1. The molecule has 0 spiro atoms. The molecule has 1 fully saturated rings. The van der Waals surface area contributed by atoms with Crippen LogP contribution in [0.4, 0.5) is 0 Å². The molecule has 0 saturated carbocycles. The first-order valence-corrected chi connectivity index (χ1v) is 10.5. The minimum atomic E-state index is -0.763. The molecule has 0 bridgehead atoms. The number of nitrogens with two attached hydrogens (primary N) is 1. The summed E-state index contributed by atoms with van der Waals surface area (Å²) >= 11 is 0. The van der Waals surface area contributed by atoms with Gasteiger partial charge in [0.15, 0.2) is 0 Å². The van der Waals surface area contributed by atoms with Gasteiger partial charge < -0.3 is 10.6 Å². The van der Waals surface area contributed by atoms with Gasteiger partial charge >= 0.3 is 0 Å². The maximum absolute atomic E-state index is 12.8. The molecule has 1 atom stereocenters. The number of hydrogen-bond acceptors (Lipinski definition) is 4. The van der Waals surface area contributed by atoms with Crippen LogP contribution < -0.4 is 5.73 Å². The summed E-state index contributed by atoms with van der Waals surface area (Å²) < 4.78 is 1.82. The van der Waals surface area contributed by atoms with E-state index in [0.29, 0.717) is 38.9 Å². The summed E-state index contributed by atoms with van der Waals surface area (Å²) in [5.74, 6) is -0.323. The highest BCUT2D eigenvalue weighted by Gasteiger charge is 2.45. The molecule has 1 aliphatic heterocycles. The van der Waals surface area contributed by atoms with Crippen molar-refractivity contribution in [2.75, 3.05) is 13.1 Å². The van der Waals surface area contributed by atoms with E-state index in [9.17, 15) is 9.59 Å². The number of pyridine rings is 1. The van der Waals surface area contributed by atoms with Crippen LogP contribution in [0.15, 0.2) is 61.1 Å². The zero-order chi connectivity index (χ0) is 21.8. The smallest absolute Gasteiger partial charge is 0.225 e. The van der Waals surface area contributed by atoms with E-state index < -0.39 is 5.41 Å². The van der Waals surface area contributed by atoms with E-state index in [2.05, 4.69) is 10.1 Å². The van der Waals surface area contributed by atoms with Crippen LogP contribution in [0, 0.1) is 12.3 Å². The molecule has 7 nitrogen and oxygen atoms in total. The van der Waals surface area contributed by atoms with Crippen LogP contribution in [0.5, 0.6) is 0 Å². The lowest BCUT2D eigenvalue weighted by molar-refractivity contribution is -0.132. The number of aryl methyl sites for hydroxylation is 2. The highest BCUT2D eigenvalue weighted by atomic mass is 16.2. The molecular formula is C24H27N5O2. The lowest BCUT2D eigenvalue weighted by atomic mass is 9.78. The van der Waals surface area contributed by atoms with Crippen LogP contribution in [0.2, 0.25) is 0 Å². The summed E-state index contributed by atoms with van der Waals surface area (Å²) in [4.78, 5) is 31.3. The van der Waals surface area contributed by atoms with Crippen molar-refractivity contribution in [3.05, 3.63) is 72.3 Å². The van der Waals surface area contributed by atoms with Gasteiger partial charge in [-0.05, 0) is 54.7 Å². The number of nitrogens with zero attached hydrogens (tertiary/aromatic N) is 4. The molecular weight excluding hydrogens is 390 g/mol. The fraction of sp³-hybridized carbons (Fsp3) is 0.333. The number of benzene rings is 1. The van der Waals surface area contributed by atoms with Crippen LogP contribution >= 0.6 is 0 Å². The maximum Gasteiger partial charge on any atom is 0.225 e. The lowest BCUT2D eigenvalue weighted by Crippen LogP contribution is -2.42. The third kappa shape index (κ3) is 4.35. The Kier molecular flexibility index (Phi) is 5.84. The molecule has 7 heteroatoms. The average molecular weight is 418 g/mol. The third-order valence-electron chi connectivity index (χ3n) is 6.23. The molecule has 3 heterocycles. The van der Waals surface area contributed by atoms with Crippen molar-refractivity contribution in [1.29, 1.82) is 0 Å². The molecule has 2 amide bonds. The van der Waals surface area contributed by atoms with Crippen LogP contribution in [-0.2, 0) is 22.6 Å². The van der Waals surface area contributed by atoms with Crippen molar-refractivity contribution in [2.24, 2.45) is 11.1 Å². The van der Waals surface area contributed by atoms with Crippen molar-refractivity contribution >= 4 is 11.8 Å². The molecule has 4 rings (SSSR count). The van der Waals surface area contributed by atoms with Crippen LogP contribution in [0.1, 0.15) is 24.1 Å². The van der Waals surface area contributed by atoms with Crippen molar-refractivity contribution in [3.8, 4) is 11.1 Å². The van der Waals surface area contributed by atoms with Gasteiger partial charge in [0.2, 0.25) is 11.8 Å². The lowest BCUT2D eigenvalue weighted by Gasteiger charge is -2.27. The normalized spacial score (nSPS) is 18.3. The number of amides is 2. The number of rotatable bonds is 7. The van der Waals surface area contributed by atoms with Gasteiger partial charge in [0.1, 0.15) is 0 Å². The van der Waals surface area contributed by atoms with Crippen molar-refractivity contribution in [2.45, 2.75) is 32.7 Å². The Hall–Kier alpha value is -3.48. The minimum absolute atomic E-state index is 0.0282. The minimum Gasteiger partial charge on any atom is -0.369 e. The molecule has 31 heavy (non-hydrogen) atoms. The summed E-state index contributed by atoms with van der Waals surface area (Å²) in [5.41, 5.74) is 9.32. The number of hydrogen-bond donors (Lipinski definition) is 1. The number of primary amides is 1. The third-order valence-corrected chi connectivity index (χ3v) is 6.23. The first-order chi connectivity index (χ1) is 15.0. The molecule has 1 saturated heterocycles. The first kappa shape index (κ1) is 20.8. The molecule has 1 aliphatic rings. The standard InChI is InChI=1S/C24H27N5O2/c1-18-6-13-27-29(18)14-9-22(30)28-15-10-24(17-28,23(25)31)16-20-4-2-3-5-21(20)19-7-11-26-12-8-19/h2-8,11-13H,9-10,14-17H2,1H3,(H2,25,31). The molecule has 1 unspecified atom stereocenters. The first-order valence-electron chi connectivity index (χ1n) is 10.5. The fourth-order valence-electron chi connectivity index (χ4n) is 4.36. The van der Waals surface area contributed by atoms with Gasteiger partial charge in [-0.1, -0.05) is 24.3 Å². The second-order valence-corrected chi connectivity index (χ2v) is 8.23. The van der Waals surface area contributed by atoms with E-state index in [-0.39, 0.29) is 11.8 Å². The largest absolute Gasteiger partial charge is 0.369 e. The Morgan fingerprint density at radius 2 is 1.87 bits per heavy atom. The molecule has 0 radical (unpaired) electrons. The Morgan fingerprint density at radius 1 is 1.10 bits per heavy atom. The summed E-state index contributed by atoms with van der Waals surface area (Å²) in [6.07, 6.45) is 6.67. The molecule has 1 aromatic carbocycles. The number of carbonyl (C=O) groups is 2.